The molecule has 2 aromatic heterocycles. The second-order valence-electron chi connectivity index (χ2n) is 3.24. The normalized spacial score (nSPS) is 12.9. The minimum atomic E-state index is -0.656. The highest BCUT2D eigenvalue weighted by atomic mass is 16.3. The first-order valence-electron chi connectivity index (χ1n) is 4.85. The highest BCUT2D eigenvalue weighted by Gasteiger charge is 2.14. The van der Waals surface area contributed by atoms with Crippen LogP contribution in [0.4, 0.5) is 0 Å². The molecule has 0 fully saturated rings. The minimum absolute atomic E-state index is 0.452. The van der Waals surface area contributed by atoms with Gasteiger partial charge in [0.15, 0.2) is 0 Å². The van der Waals surface area contributed by atoms with Crippen LogP contribution in [0.5, 0.6) is 0 Å². The minimum Gasteiger partial charge on any atom is -0.386 e. The smallest absolute Gasteiger partial charge is 0.111 e. The molecule has 0 saturated heterocycles. The van der Waals surface area contributed by atoms with Crippen LogP contribution < -0.4 is 0 Å². The fourth-order valence-electron chi connectivity index (χ4n) is 1.47. The Morgan fingerprint density at radius 2 is 2.47 bits per heavy atom. The molecule has 15 heavy (non-hydrogen) atoms. The van der Waals surface area contributed by atoms with Gasteiger partial charge in [0.2, 0.25) is 0 Å². The third-order valence-corrected chi connectivity index (χ3v) is 2.29. The van der Waals surface area contributed by atoms with Crippen molar-refractivity contribution in [1.29, 1.82) is 0 Å². The van der Waals surface area contributed by atoms with E-state index in [0.29, 0.717) is 12.1 Å². The number of imidazole rings is 1. The Hall–Kier alpha value is -1.69. The van der Waals surface area contributed by atoms with Gasteiger partial charge in [-0.05, 0) is 6.92 Å². The molecule has 2 N–H and O–H groups in total. The van der Waals surface area contributed by atoms with E-state index in [1.165, 1.54) is 6.20 Å². The summed E-state index contributed by atoms with van der Waals surface area (Å²) in [5.41, 5.74) is 0.542. The van der Waals surface area contributed by atoms with Gasteiger partial charge in [0.05, 0.1) is 6.20 Å². The Balaban J connectivity index is 2.09. The van der Waals surface area contributed by atoms with Gasteiger partial charge in [-0.25, -0.2) is 4.98 Å². The molecule has 6 heteroatoms. The van der Waals surface area contributed by atoms with Crippen molar-refractivity contribution in [3.8, 4) is 0 Å². The van der Waals surface area contributed by atoms with E-state index in [9.17, 15) is 5.11 Å². The van der Waals surface area contributed by atoms with Gasteiger partial charge in [-0.3, -0.25) is 0 Å². The van der Waals surface area contributed by atoms with E-state index >= 15 is 0 Å². The summed E-state index contributed by atoms with van der Waals surface area (Å²) in [6, 6.07) is 0. The number of aryl methyl sites for hydroxylation is 1. The SMILES string of the molecule is CCn1ccnc1CC(O)c1cn[nH]n1. The summed E-state index contributed by atoms with van der Waals surface area (Å²) in [4.78, 5) is 4.18. The maximum Gasteiger partial charge on any atom is 0.111 e. The molecule has 1 atom stereocenters. The first-order valence-corrected chi connectivity index (χ1v) is 4.85. The van der Waals surface area contributed by atoms with Gasteiger partial charge in [0.25, 0.3) is 0 Å². The van der Waals surface area contributed by atoms with Crippen molar-refractivity contribution in [3.63, 3.8) is 0 Å². The largest absolute Gasteiger partial charge is 0.386 e. The van der Waals surface area contributed by atoms with Gasteiger partial charge >= 0.3 is 0 Å². The summed E-state index contributed by atoms with van der Waals surface area (Å²) in [6.45, 7) is 2.88. The van der Waals surface area contributed by atoms with Crippen LogP contribution in [-0.4, -0.2) is 30.1 Å². The molecule has 2 aromatic rings. The number of aliphatic hydroxyl groups excluding tert-OH is 1. The van der Waals surface area contributed by atoms with Crippen LogP contribution in [0.2, 0.25) is 0 Å². The summed E-state index contributed by atoms with van der Waals surface area (Å²) in [5, 5.41) is 19.8. The van der Waals surface area contributed by atoms with E-state index in [2.05, 4.69) is 20.4 Å². The van der Waals surface area contributed by atoms with Gasteiger partial charge < -0.3 is 9.67 Å². The summed E-state index contributed by atoms with van der Waals surface area (Å²) in [7, 11) is 0. The highest BCUT2D eigenvalue weighted by molar-refractivity contribution is 5.02. The molecule has 0 aliphatic rings. The molecular weight excluding hydrogens is 194 g/mol. The lowest BCUT2D eigenvalue weighted by molar-refractivity contribution is 0.169. The monoisotopic (exact) mass is 207 g/mol. The highest BCUT2D eigenvalue weighted by Crippen LogP contribution is 2.13. The molecule has 0 aromatic carbocycles. The topological polar surface area (TPSA) is 79.6 Å². The molecule has 0 amide bonds. The molecule has 6 nitrogen and oxygen atoms in total. The molecule has 2 heterocycles. The van der Waals surface area contributed by atoms with Crippen LogP contribution in [0, 0.1) is 0 Å². The molecule has 0 bridgehead atoms. The summed E-state index contributed by atoms with van der Waals surface area (Å²) in [6.07, 6.45) is 4.94. The molecule has 0 radical (unpaired) electrons. The van der Waals surface area contributed by atoms with E-state index in [1.807, 2.05) is 17.7 Å². The number of hydrogen-bond acceptors (Lipinski definition) is 4. The van der Waals surface area contributed by atoms with E-state index in [1.54, 1.807) is 6.20 Å². The van der Waals surface area contributed by atoms with Crippen molar-refractivity contribution in [2.75, 3.05) is 0 Å². The van der Waals surface area contributed by atoms with Crippen LogP contribution in [0.15, 0.2) is 18.6 Å². The average molecular weight is 207 g/mol. The third kappa shape index (κ3) is 2.04. The summed E-state index contributed by atoms with van der Waals surface area (Å²) in [5.74, 6) is 0.855. The zero-order valence-corrected chi connectivity index (χ0v) is 8.46. The number of hydrogen-bond donors (Lipinski definition) is 2. The first-order chi connectivity index (χ1) is 7.31. The van der Waals surface area contributed by atoms with Crippen molar-refractivity contribution < 1.29 is 5.11 Å². The van der Waals surface area contributed by atoms with E-state index in [4.69, 9.17) is 0 Å². The number of aliphatic hydroxyl groups is 1. The number of aromatic amines is 1. The molecule has 80 valence electrons. The van der Waals surface area contributed by atoms with E-state index in [-0.39, 0.29) is 0 Å². The van der Waals surface area contributed by atoms with Crippen molar-refractivity contribution >= 4 is 0 Å². The lowest BCUT2D eigenvalue weighted by Gasteiger charge is -2.08. The van der Waals surface area contributed by atoms with Crippen LogP contribution in [0.3, 0.4) is 0 Å². The summed E-state index contributed by atoms with van der Waals surface area (Å²) < 4.78 is 1.99. The number of H-pyrrole nitrogens is 1. The van der Waals surface area contributed by atoms with Crippen LogP contribution in [-0.2, 0) is 13.0 Å². The Morgan fingerprint density at radius 1 is 1.60 bits per heavy atom. The molecule has 0 aliphatic heterocycles. The maximum atomic E-state index is 9.83. The zero-order valence-electron chi connectivity index (χ0n) is 8.46. The predicted molar refractivity (Wildman–Crippen MR) is 52.9 cm³/mol. The van der Waals surface area contributed by atoms with Gasteiger partial charge in [0, 0.05) is 25.4 Å². The van der Waals surface area contributed by atoms with Crippen molar-refractivity contribution in [3.05, 3.63) is 30.1 Å². The second kappa shape index (κ2) is 4.22. The van der Waals surface area contributed by atoms with Crippen LogP contribution >= 0.6 is 0 Å². The number of nitrogens with zero attached hydrogens (tertiary/aromatic N) is 4. The lowest BCUT2D eigenvalue weighted by Crippen LogP contribution is -2.08. The zero-order chi connectivity index (χ0) is 10.7. The number of nitrogens with one attached hydrogen (secondary N) is 1. The predicted octanol–water partition coefficient (Wildman–Crippen LogP) is 0.297. The van der Waals surface area contributed by atoms with Crippen LogP contribution in [0.1, 0.15) is 24.5 Å². The van der Waals surface area contributed by atoms with Crippen molar-refractivity contribution in [2.24, 2.45) is 0 Å². The molecule has 2 rings (SSSR count). The van der Waals surface area contributed by atoms with Gasteiger partial charge in [0.1, 0.15) is 17.6 Å². The van der Waals surface area contributed by atoms with Crippen molar-refractivity contribution in [1.82, 2.24) is 25.0 Å². The van der Waals surface area contributed by atoms with Gasteiger partial charge in [-0.1, -0.05) is 0 Å². The Bertz CT molecular complexity index is 408. The Morgan fingerprint density at radius 3 is 3.13 bits per heavy atom. The second-order valence-corrected chi connectivity index (χ2v) is 3.24. The lowest BCUT2D eigenvalue weighted by atomic mass is 10.2. The number of aromatic nitrogens is 5. The molecule has 0 aliphatic carbocycles. The van der Waals surface area contributed by atoms with E-state index in [0.717, 1.165) is 12.4 Å². The fourth-order valence-corrected chi connectivity index (χ4v) is 1.47. The first kappa shape index (κ1) is 9.85. The van der Waals surface area contributed by atoms with Gasteiger partial charge in [-0.15, -0.1) is 0 Å². The number of rotatable bonds is 4. The fraction of sp³-hybridized carbons (Fsp3) is 0.444. The maximum absolute atomic E-state index is 9.83. The van der Waals surface area contributed by atoms with Crippen molar-refractivity contribution in [2.45, 2.75) is 26.0 Å². The average Bonchev–Trinajstić information content (AvgIpc) is 2.87. The van der Waals surface area contributed by atoms with E-state index < -0.39 is 6.10 Å². The van der Waals surface area contributed by atoms with Gasteiger partial charge in [-0.2, -0.15) is 15.4 Å². The quantitative estimate of drug-likeness (QED) is 0.755. The standard InChI is InChI=1S/C9H13N5O/c1-2-14-4-3-10-9(14)5-8(15)7-6-11-13-12-7/h3-4,6,8,15H,2,5H2,1H3,(H,11,12,13). The Kier molecular flexibility index (Phi) is 2.77. The molecular formula is C9H13N5O. The molecule has 0 spiro atoms. The van der Waals surface area contributed by atoms with Crippen LogP contribution in [0.25, 0.3) is 0 Å². The summed E-state index contributed by atoms with van der Waals surface area (Å²) >= 11 is 0. The third-order valence-electron chi connectivity index (χ3n) is 2.29. The molecule has 0 saturated carbocycles. The Labute approximate surface area is 87.0 Å². The molecule has 1 unspecified atom stereocenters.